The SMILES string of the molecule is CCC(N)C(=O)NC1CCC(N)CC1. The van der Waals surface area contributed by atoms with Gasteiger partial charge in [0.15, 0.2) is 0 Å². The number of rotatable bonds is 3. The number of hydrogen-bond donors (Lipinski definition) is 3. The van der Waals surface area contributed by atoms with Crippen molar-refractivity contribution in [3.8, 4) is 0 Å². The highest BCUT2D eigenvalue weighted by Gasteiger charge is 2.21. The van der Waals surface area contributed by atoms with Gasteiger partial charge in [-0.1, -0.05) is 6.92 Å². The molecule has 14 heavy (non-hydrogen) atoms. The summed E-state index contributed by atoms with van der Waals surface area (Å²) in [5, 5.41) is 2.97. The van der Waals surface area contributed by atoms with Crippen LogP contribution in [0.5, 0.6) is 0 Å². The van der Waals surface area contributed by atoms with Crippen LogP contribution in [-0.2, 0) is 4.79 Å². The fourth-order valence-corrected chi connectivity index (χ4v) is 1.76. The lowest BCUT2D eigenvalue weighted by molar-refractivity contribution is -0.123. The molecular formula is C10H21N3O. The maximum Gasteiger partial charge on any atom is 0.237 e. The molecule has 0 radical (unpaired) electrons. The predicted molar refractivity (Wildman–Crippen MR) is 56.6 cm³/mol. The van der Waals surface area contributed by atoms with E-state index < -0.39 is 0 Å². The summed E-state index contributed by atoms with van der Waals surface area (Å²) in [6.45, 7) is 1.92. The molecule has 0 heterocycles. The Bertz CT molecular complexity index is 188. The summed E-state index contributed by atoms with van der Waals surface area (Å²) in [4.78, 5) is 11.5. The minimum atomic E-state index is -0.356. The molecule has 0 bridgehead atoms. The summed E-state index contributed by atoms with van der Waals surface area (Å²) in [7, 11) is 0. The van der Waals surface area contributed by atoms with E-state index in [4.69, 9.17) is 11.5 Å². The van der Waals surface area contributed by atoms with E-state index in [1.165, 1.54) is 0 Å². The molecule has 4 nitrogen and oxygen atoms in total. The van der Waals surface area contributed by atoms with Crippen molar-refractivity contribution in [2.24, 2.45) is 11.5 Å². The van der Waals surface area contributed by atoms with Gasteiger partial charge in [0.05, 0.1) is 6.04 Å². The molecule has 0 aromatic carbocycles. The summed E-state index contributed by atoms with van der Waals surface area (Å²) in [6.07, 6.45) is 4.68. The summed E-state index contributed by atoms with van der Waals surface area (Å²) >= 11 is 0. The van der Waals surface area contributed by atoms with Crippen LogP contribution in [0.2, 0.25) is 0 Å². The van der Waals surface area contributed by atoms with E-state index in [1.807, 2.05) is 6.92 Å². The molecule has 0 aromatic rings. The zero-order valence-electron chi connectivity index (χ0n) is 8.83. The summed E-state index contributed by atoms with van der Waals surface area (Å²) in [5.74, 6) is -0.0204. The topological polar surface area (TPSA) is 81.1 Å². The van der Waals surface area contributed by atoms with Crippen molar-refractivity contribution < 1.29 is 4.79 Å². The quantitative estimate of drug-likeness (QED) is 0.603. The molecule has 0 spiro atoms. The van der Waals surface area contributed by atoms with Crippen LogP contribution in [0.15, 0.2) is 0 Å². The van der Waals surface area contributed by atoms with Gasteiger partial charge in [0.1, 0.15) is 0 Å². The van der Waals surface area contributed by atoms with Gasteiger partial charge in [-0.3, -0.25) is 4.79 Å². The largest absolute Gasteiger partial charge is 0.352 e. The highest BCUT2D eigenvalue weighted by atomic mass is 16.2. The van der Waals surface area contributed by atoms with Gasteiger partial charge in [-0.2, -0.15) is 0 Å². The number of carbonyl (C=O) groups is 1. The Kier molecular flexibility index (Phi) is 4.35. The standard InChI is InChI=1S/C10H21N3O/c1-2-9(12)10(14)13-8-5-3-7(11)4-6-8/h7-9H,2-6,11-12H2,1H3,(H,13,14). The maximum atomic E-state index is 11.5. The van der Waals surface area contributed by atoms with E-state index in [0.717, 1.165) is 25.7 Å². The number of amides is 1. The molecule has 1 fully saturated rings. The Morgan fingerprint density at radius 3 is 2.50 bits per heavy atom. The molecule has 1 aliphatic rings. The minimum absolute atomic E-state index is 0.0204. The van der Waals surface area contributed by atoms with E-state index in [2.05, 4.69) is 5.32 Å². The molecule has 0 aliphatic heterocycles. The minimum Gasteiger partial charge on any atom is -0.352 e. The molecule has 5 N–H and O–H groups in total. The van der Waals surface area contributed by atoms with Gasteiger partial charge in [-0.15, -0.1) is 0 Å². The van der Waals surface area contributed by atoms with Gasteiger partial charge < -0.3 is 16.8 Å². The van der Waals surface area contributed by atoms with Crippen molar-refractivity contribution in [1.29, 1.82) is 0 Å². The monoisotopic (exact) mass is 199 g/mol. The van der Waals surface area contributed by atoms with Gasteiger partial charge in [-0.25, -0.2) is 0 Å². The Balaban J connectivity index is 2.27. The molecule has 4 heteroatoms. The third-order valence-electron chi connectivity index (χ3n) is 2.89. The van der Waals surface area contributed by atoms with E-state index in [9.17, 15) is 4.79 Å². The van der Waals surface area contributed by atoms with Crippen LogP contribution in [0.25, 0.3) is 0 Å². The van der Waals surface area contributed by atoms with Gasteiger partial charge in [0.2, 0.25) is 5.91 Å². The third-order valence-corrected chi connectivity index (χ3v) is 2.89. The van der Waals surface area contributed by atoms with E-state index in [-0.39, 0.29) is 11.9 Å². The van der Waals surface area contributed by atoms with Crippen molar-refractivity contribution >= 4 is 5.91 Å². The molecule has 0 aromatic heterocycles. The van der Waals surface area contributed by atoms with Gasteiger partial charge >= 0.3 is 0 Å². The third kappa shape index (κ3) is 3.27. The number of hydrogen-bond acceptors (Lipinski definition) is 3. The molecule has 1 amide bonds. The van der Waals surface area contributed by atoms with E-state index >= 15 is 0 Å². The summed E-state index contributed by atoms with van der Waals surface area (Å²) < 4.78 is 0. The highest BCUT2D eigenvalue weighted by molar-refractivity contribution is 5.81. The zero-order valence-corrected chi connectivity index (χ0v) is 8.83. The Morgan fingerprint density at radius 1 is 1.43 bits per heavy atom. The fraction of sp³-hybridized carbons (Fsp3) is 0.900. The fourth-order valence-electron chi connectivity index (χ4n) is 1.76. The number of nitrogens with one attached hydrogen (secondary N) is 1. The first kappa shape index (κ1) is 11.5. The molecule has 1 rings (SSSR count). The van der Waals surface area contributed by atoms with Gasteiger partial charge in [-0.05, 0) is 32.1 Å². The van der Waals surface area contributed by atoms with Crippen LogP contribution in [0.3, 0.4) is 0 Å². The van der Waals surface area contributed by atoms with Crippen LogP contribution in [0.1, 0.15) is 39.0 Å². The first-order chi connectivity index (χ1) is 6.63. The molecule has 82 valence electrons. The lowest BCUT2D eigenvalue weighted by Gasteiger charge is -2.27. The van der Waals surface area contributed by atoms with Crippen LogP contribution >= 0.6 is 0 Å². The molecule has 1 saturated carbocycles. The average molecular weight is 199 g/mol. The average Bonchev–Trinajstić information content (AvgIpc) is 2.20. The van der Waals surface area contributed by atoms with Crippen molar-refractivity contribution in [2.75, 3.05) is 0 Å². The summed E-state index contributed by atoms with van der Waals surface area (Å²) in [6, 6.07) is 0.258. The van der Waals surface area contributed by atoms with Crippen LogP contribution in [0.4, 0.5) is 0 Å². The smallest absolute Gasteiger partial charge is 0.237 e. The lowest BCUT2D eigenvalue weighted by Crippen LogP contribution is -2.47. The van der Waals surface area contributed by atoms with Crippen molar-refractivity contribution in [1.82, 2.24) is 5.32 Å². The highest BCUT2D eigenvalue weighted by Crippen LogP contribution is 2.16. The normalized spacial score (nSPS) is 29.6. The number of nitrogens with two attached hydrogens (primary N) is 2. The lowest BCUT2D eigenvalue weighted by atomic mass is 9.91. The maximum absolute atomic E-state index is 11.5. The summed E-state index contributed by atoms with van der Waals surface area (Å²) in [5.41, 5.74) is 11.4. The zero-order chi connectivity index (χ0) is 10.6. The first-order valence-electron chi connectivity index (χ1n) is 5.45. The number of carbonyl (C=O) groups excluding carboxylic acids is 1. The Labute approximate surface area is 85.4 Å². The first-order valence-corrected chi connectivity index (χ1v) is 5.45. The van der Waals surface area contributed by atoms with Gasteiger partial charge in [0, 0.05) is 12.1 Å². The molecule has 0 saturated heterocycles. The molecule has 1 aliphatic carbocycles. The second kappa shape index (κ2) is 5.32. The molecule has 1 unspecified atom stereocenters. The van der Waals surface area contributed by atoms with Crippen LogP contribution < -0.4 is 16.8 Å². The molecular weight excluding hydrogens is 178 g/mol. The second-order valence-electron chi connectivity index (χ2n) is 4.14. The Hall–Kier alpha value is -0.610. The van der Waals surface area contributed by atoms with Crippen molar-refractivity contribution in [2.45, 2.75) is 57.2 Å². The van der Waals surface area contributed by atoms with Crippen LogP contribution in [-0.4, -0.2) is 24.0 Å². The van der Waals surface area contributed by atoms with Crippen LogP contribution in [0, 0.1) is 0 Å². The van der Waals surface area contributed by atoms with E-state index in [1.54, 1.807) is 0 Å². The molecule has 1 atom stereocenters. The van der Waals surface area contributed by atoms with Gasteiger partial charge in [0.25, 0.3) is 0 Å². The van der Waals surface area contributed by atoms with Crippen molar-refractivity contribution in [3.05, 3.63) is 0 Å². The second-order valence-corrected chi connectivity index (χ2v) is 4.14. The van der Waals surface area contributed by atoms with E-state index in [0.29, 0.717) is 18.5 Å². The Morgan fingerprint density at radius 2 is 2.00 bits per heavy atom. The van der Waals surface area contributed by atoms with Crippen molar-refractivity contribution in [3.63, 3.8) is 0 Å². The predicted octanol–water partition coefficient (Wildman–Crippen LogP) is 0.110.